The highest BCUT2D eigenvalue weighted by Crippen LogP contribution is 2.29. The maximum Gasteiger partial charge on any atom is 0.330 e. The number of hydrogen-bond acceptors (Lipinski definition) is 5. The van der Waals surface area contributed by atoms with Gasteiger partial charge in [0.05, 0.1) is 6.54 Å². The van der Waals surface area contributed by atoms with Crippen LogP contribution in [0.4, 0.5) is 15.9 Å². The van der Waals surface area contributed by atoms with Crippen LogP contribution in [0, 0.1) is 5.82 Å². The Hall–Kier alpha value is -2.94. The molecule has 32 heavy (non-hydrogen) atoms. The summed E-state index contributed by atoms with van der Waals surface area (Å²) < 4.78 is 14.6. The molecule has 3 N–H and O–H groups in total. The number of unbranched alkanes of at least 4 members (excludes halogenated alkanes) is 1. The van der Waals surface area contributed by atoms with E-state index in [0.717, 1.165) is 24.8 Å². The Morgan fingerprint density at radius 3 is 2.47 bits per heavy atom. The Labute approximate surface area is 186 Å². The number of aromatic nitrogens is 2. The third-order valence-electron chi connectivity index (χ3n) is 5.67. The number of aromatic amines is 1. The second-order valence-corrected chi connectivity index (χ2v) is 8.31. The van der Waals surface area contributed by atoms with Crippen molar-refractivity contribution in [1.82, 2.24) is 14.5 Å². The number of carbonyl (C=O) groups is 1. The molecular formula is C23H32FN5O3. The second-order valence-electron chi connectivity index (χ2n) is 8.31. The zero-order chi connectivity index (χ0) is 23.3. The van der Waals surface area contributed by atoms with Gasteiger partial charge in [0.1, 0.15) is 11.6 Å². The first-order chi connectivity index (χ1) is 15.3. The van der Waals surface area contributed by atoms with E-state index < -0.39 is 11.2 Å². The van der Waals surface area contributed by atoms with Crippen molar-refractivity contribution in [2.75, 3.05) is 23.7 Å². The standard InChI is InChI=1S/C23H32FN5O3/c1-3-5-13-28(20-21(25)29(12-4-2)23(32)26-22(20)31)19(30)15-27(18-10-11-18)14-16-6-8-17(24)9-7-16/h6-9,18H,3-5,10-15,25H2,1-2H3,(H,26,31,32). The van der Waals surface area contributed by atoms with E-state index in [-0.39, 0.29) is 35.8 Å². The lowest BCUT2D eigenvalue weighted by Gasteiger charge is -2.28. The molecule has 174 valence electrons. The molecule has 1 fully saturated rings. The summed E-state index contributed by atoms with van der Waals surface area (Å²) >= 11 is 0. The van der Waals surface area contributed by atoms with Gasteiger partial charge in [-0.1, -0.05) is 32.4 Å². The number of halogens is 1. The fraction of sp³-hybridized carbons (Fsp3) is 0.522. The van der Waals surface area contributed by atoms with E-state index in [4.69, 9.17) is 5.73 Å². The van der Waals surface area contributed by atoms with E-state index in [0.29, 0.717) is 32.5 Å². The van der Waals surface area contributed by atoms with Gasteiger partial charge in [0.15, 0.2) is 5.69 Å². The zero-order valence-electron chi connectivity index (χ0n) is 18.8. The van der Waals surface area contributed by atoms with E-state index >= 15 is 0 Å². The van der Waals surface area contributed by atoms with Gasteiger partial charge in [-0.3, -0.25) is 24.0 Å². The highest BCUT2D eigenvalue weighted by atomic mass is 19.1. The van der Waals surface area contributed by atoms with Crippen LogP contribution < -0.4 is 21.9 Å². The van der Waals surface area contributed by atoms with Gasteiger partial charge < -0.3 is 10.6 Å². The van der Waals surface area contributed by atoms with Crippen LogP contribution in [0.15, 0.2) is 33.9 Å². The molecule has 0 aliphatic heterocycles. The number of nitrogens with one attached hydrogen (secondary N) is 1. The van der Waals surface area contributed by atoms with Crippen LogP contribution in [0.25, 0.3) is 0 Å². The second kappa shape index (κ2) is 10.6. The fourth-order valence-corrected chi connectivity index (χ4v) is 3.80. The van der Waals surface area contributed by atoms with Crippen molar-refractivity contribution in [2.24, 2.45) is 0 Å². The number of H-pyrrole nitrogens is 1. The van der Waals surface area contributed by atoms with Crippen molar-refractivity contribution >= 4 is 17.4 Å². The summed E-state index contributed by atoms with van der Waals surface area (Å²) in [6.45, 7) is 5.21. The molecule has 0 atom stereocenters. The number of carbonyl (C=O) groups excluding carboxylic acids is 1. The maximum absolute atomic E-state index is 13.4. The first kappa shape index (κ1) is 23.7. The van der Waals surface area contributed by atoms with Crippen LogP contribution in [0.5, 0.6) is 0 Å². The van der Waals surface area contributed by atoms with E-state index in [1.54, 1.807) is 12.1 Å². The number of amides is 1. The minimum absolute atomic E-state index is 0.0153. The van der Waals surface area contributed by atoms with Crippen molar-refractivity contribution in [3.8, 4) is 0 Å². The molecule has 2 aromatic rings. The topological polar surface area (TPSA) is 104 Å². The average Bonchev–Trinajstić information content (AvgIpc) is 3.59. The number of rotatable bonds is 11. The van der Waals surface area contributed by atoms with Crippen molar-refractivity contribution in [1.29, 1.82) is 0 Å². The summed E-state index contributed by atoms with van der Waals surface area (Å²) in [7, 11) is 0. The minimum atomic E-state index is -0.652. The molecule has 1 aromatic heterocycles. The lowest BCUT2D eigenvalue weighted by molar-refractivity contribution is -0.120. The Balaban J connectivity index is 1.89. The summed E-state index contributed by atoms with van der Waals surface area (Å²) in [6, 6.07) is 6.53. The first-order valence-electron chi connectivity index (χ1n) is 11.3. The molecule has 3 rings (SSSR count). The summed E-state index contributed by atoms with van der Waals surface area (Å²) in [5.74, 6) is -0.529. The van der Waals surface area contributed by atoms with Gasteiger partial charge in [-0.25, -0.2) is 9.18 Å². The van der Waals surface area contributed by atoms with Gasteiger partial charge >= 0.3 is 5.69 Å². The number of nitrogen functional groups attached to an aromatic ring is 1. The first-order valence-corrected chi connectivity index (χ1v) is 11.3. The normalized spacial score (nSPS) is 13.5. The minimum Gasteiger partial charge on any atom is -0.383 e. The van der Waals surface area contributed by atoms with E-state index in [2.05, 4.69) is 9.88 Å². The SMILES string of the molecule is CCCCN(C(=O)CN(Cc1ccc(F)cc1)C1CC1)c1c(N)n(CCC)c(=O)[nH]c1=O. The van der Waals surface area contributed by atoms with Gasteiger partial charge in [-0.15, -0.1) is 0 Å². The highest BCUT2D eigenvalue weighted by Gasteiger charge is 2.33. The highest BCUT2D eigenvalue weighted by molar-refractivity contribution is 5.96. The summed E-state index contributed by atoms with van der Waals surface area (Å²) in [4.78, 5) is 44.1. The Morgan fingerprint density at radius 2 is 1.88 bits per heavy atom. The molecule has 1 saturated carbocycles. The lowest BCUT2D eigenvalue weighted by Crippen LogP contribution is -2.46. The van der Waals surface area contributed by atoms with Gasteiger partial charge in [0.25, 0.3) is 5.56 Å². The molecule has 0 unspecified atom stereocenters. The van der Waals surface area contributed by atoms with E-state index in [9.17, 15) is 18.8 Å². The van der Waals surface area contributed by atoms with Crippen LogP contribution in [0.2, 0.25) is 0 Å². The van der Waals surface area contributed by atoms with Crippen molar-refractivity contribution in [3.63, 3.8) is 0 Å². The Bertz CT molecular complexity index is 1040. The molecule has 0 bridgehead atoms. The zero-order valence-corrected chi connectivity index (χ0v) is 18.8. The molecule has 1 aromatic carbocycles. The molecule has 9 heteroatoms. The van der Waals surface area contributed by atoms with Crippen LogP contribution in [0.3, 0.4) is 0 Å². The third kappa shape index (κ3) is 5.64. The largest absolute Gasteiger partial charge is 0.383 e. The van der Waals surface area contributed by atoms with E-state index in [1.807, 2.05) is 13.8 Å². The molecule has 1 aliphatic rings. The molecule has 0 spiro atoms. The number of hydrogen-bond donors (Lipinski definition) is 2. The molecular weight excluding hydrogens is 413 g/mol. The molecule has 1 amide bonds. The van der Waals surface area contributed by atoms with Gasteiger partial charge in [-0.05, 0) is 43.4 Å². The fourth-order valence-electron chi connectivity index (χ4n) is 3.80. The monoisotopic (exact) mass is 445 g/mol. The van der Waals surface area contributed by atoms with Crippen molar-refractivity contribution in [2.45, 2.75) is 65.1 Å². The summed E-state index contributed by atoms with van der Waals surface area (Å²) in [6.07, 6.45) is 4.17. The van der Waals surface area contributed by atoms with Crippen LogP contribution >= 0.6 is 0 Å². The molecule has 8 nitrogen and oxygen atoms in total. The summed E-state index contributed by atoms with van der Waals surface area (Å²) in [5.41, 5.74) is 5.95. The molecule has 0 radical (unpaired) electrons. The summed E-state index contributed by atoms with van der Waals surface area (Å²) in [5, 5.41) is 0. The maximum atomic E-state index is 13.4. The van der Waals surface area contributed by atoms with Crippen LogP contribution in [-0.4, -0.2) is 39.5 Å². The number of nitrogens with zero attached hydrogens (tertiary/aromatic N) is 3. The van der Waals surface area contributed by atoms with Gasteiger partial charge in [0, 0.05) is 25.7 Å². The Kier molecular flexibility index (Phi) is 7.84. The van der Waals surface area contributed by atoms with Crippen molar-refractivity contribution < 1.29 is 9.18 Å². The van der Waals surface area contributed by atoms with Crippen LogP contribution in [-0.2, 0) is 17.9 Å². The predicted molar refractivity (Wildman–Crippen MR) is 123 cm³/mol. The molecule has 1 heterocycles. The van der Waals surface area contributed by atoms with Gasteiger partial charge in [0.2, 0.25) is 5.91 Å². The van der Waals surface area contributed by atoms with Gasteiger partial charge in [-0.2, -0.15) is 0 Å². The average molecular weight is 446 g/mol. The molecule has 1 aliphatic carbocycles. The quantitative estimate of drug-likeness (QED) is 0.553. The van der Waals surface area contributed by atoms with Crippen molar-refractivity contribution in [3.05, 3.63) is 56.5 Å². The third-order valence-corrected chi connectivity index (χ3v) is 5.67. The number of benzene rings is 1. The smallest absolute Gasteiger partial charge is 0.330 e. The van der Waals surface area contributed by atoms with Crippen LogP contribution in [0.1, 0.15) is 51.5 Å². The number of anilines is 2. The Morgan fingerprint density at radius 1 is 1.19 bits per heavy atom. The predicted octanol–water partition coefficient (Wildman–Crippen LogP) is 2.47. The van der Waals surface area contributed by atoms with E-state index in [1.165, 1.54) is 21.6 Å². The lowest BCUT2D eigenvalue weighted by atomic mass is 10.2. The molecule has 0 saturated heterocycles. The number of nitrogens with two attached hydrogens (primary N) is 1.